The maximum atomic E-state index is 5.80. The number of morpholine rings is 1. The molecular formula is C16H25Cl2N3O2. The van der Waals surface area contributed by atoms with Crippen LogP contribution < -0.4 is 15.4 Å². The van der Waals surface area contributed by atoms with E-state index in [4.69, 9.17) is 21.1 Å². The van der Waals surface area contributed by atoms with E-state index in [1.165, 1.54) is 19.3 Å². The van der Waals surface area contributed by atoms with Gasteiger partial charge < -0.3 is 20.1 Å². The summed E-state index contributed by atoms with van der Waals surface area (Å²) >= 11 is 5.80. The summed E-state index contributed by atoms with van der Waals surface area (Å²) in [6, 6.07) is 4.64. The molecule has 2 heterocycles. The molecule has 3 rings (SSSR count). The second kappa shape index (κ2) is 9.64. The first-order valence-electron chi connectivity index (χ1n) is 8.12. The summed E-state index contributed by atoms with van der Waals surface area (Å²) in [5, 5.41) is 7.86. The van der Waals surface area contributed by atoms with Gasteiger partial charge in [0.2, 0.25) is 5.88 Å². The number of halogens is 2. The molecule has 0 aromatic carbocycles. The lowest BCUT2D eigenvalue weighted by molar-refractivity contribution is 0.0523. The largest absolute Gasteiger partial charge is 0.476 e. The minimum Gasteiger partial charge on any atom is -0.476 e. The fourth-order valence-corrected chi connectivity index (χ4v) is 3.54. The molecule has 0 amide bonds. The van der Waals surface area contributed by atoms with E-state index < -0.39 is 0 Å². The van der Waals surface area contributed by atoms with Gasteiger partial charge in [0.15, 0.2) is 0 Å². The van der Waals surface area contributed by atoms with Crippen LogP contribution in [-0.2, 0) is 4.74 Å². The predicted octanol–water partition coefficient (Wildman–Crippen LogP) is 2.28. The topological polar surface area (TPSA) is 55.4 Å². The summed E-state index contributed by atoms with van der Waals surface area (Å²) in [7, 11) is 0. The average molecular weight is 362 g/mol. The molecule has 0 spiro atoms. The van der Waals surface area contributed by atoms with Gasteiger partial charge >= 0.3 is 0 Å². The van der Waals surface area contributed by atoms with Crippen molar-refractivity contribution in [1.82, 2.24) is 15.6 Å². The van der Waals surface area contributed by atoms with E-state index in [9.17, 15) is 0 Å². The predicted molar refractivity (Wildman–Crippen MR) is 93.7 cm³/mol. The Balaban J connectivity index is 0.00000192. The molecule has 23 heavy (non-hydrogen) atoms. The third-order valence-electron chi connectivity index (χ3n) is 4.50. The van der Waals surface area contributed by atoms with Crippen molar-refractivity contribution in [3.05, 3.63) is 23.4 Å². The number of hydrogen-bond acceptors (Lipinski definition) is 5. The molecule has 3 unspecified atom stereocenters. The highest BCUT2D eigenvalue weighted by Gasteiger charge is 2.34. The molecular weight excluding hydrogens is 337 g/mol. The number of nitrogens with one attached hydrogen (secondary N) is 2. The van der Waals surface area contributed by atoms with Crippen LogP contribution in [0.2, 0.25) is 5.02 Å². The van der Waals surface area contributed by atoms with E-state index in [2.05, 4.69) is 15.6 Å². The molecule has 2 N–H and O–H groups in total. The van der Waals surface area contributed by atoms with Crippen molar-refractivity contribution < 1.29 is 9.47 Å². The molecule has 3 atom stereocenters. The van der Waals surface area contributed by atoms with Crippen molar-refractivity contribution in [3.8, 4) is 5.88 Å². The Morgan fingerprint density at radius 1 is 1.39 bits per heavy atom. The number of aromatic nitrogens is 1. The summed E-state index contributed by atoms with van der Waals surface area (Å²) in [5.74, 6) is 1.28. The first-order chi connectivity index (χ1) is 10.8. The van der Waals surface area contributed by atoms with Crippen LogP contribution in [-0.4, -0.2) is 50.0 Å². The third-order valence-corrected chi connectivity index (χ3v) is 4.72. The summed E-state index contributed by atoms with van der Waals surface area (Å²) in [5.41, 5.74) is 0. The van der Waals surface area contributed by atoms with Gasteiger partial charge in [-0.05, 0) is 24.8 Å². The lowest BCUT2D eigenvalue weighted by Crippen LogP contribution is -2.51. The van der Waals surface area contributed by atoms with Crippen molar-refractivity contribution in [2.75, 3.05) is 32.9 Å². The molecule has 1 aromatic heterocycles. The van der Waals surface area contributed by atoms with Gasteiger partial charge in [-0.25, -0.2) is 4.98 Å². The van der Waals surface area contributed by atoms with Crippen molar-refractivity contribution in [3.63, 3.8) is 0 Å². The quantitative estimate of drug-likeness (QED) is 0.761. The Bertz CT molecular complexity index is 455. The van der Waals surface area contributed by atoms with Gasteiger partial charge in [-0.2, -0.15) is 0 Å². The van der Waals surface area contributed by atoms with E-state index in [1.807, 2.05) is 0 Å². The molecule has 0 bridgehead atoms. The van der Waals surface area contributed by atoms with E-state index in [1.54, 1.807) is 18.3 Å². The minimum atomic E-state index is 0. The SMILES string of the molecule is Cl.Clc1ccc(OCCNC2CCCC2C2COCCN2)nc1. The monoisotopic (exact) mass is 361 g/mol. The van der Waals surface area contributed by atoms with E-state index in [0.717, 1.165) is 26.3 Å². The molecule has 1 saturated heterocycles. The van der Waals surface area contributed by atoms with Gasteiger partial charge in [-0.3, -0.25) is 0 Å². The standard InChI is InChI=1S/C16H24ClN3O2.ClH/c17-12-4-5-16(20-10-12)22-9-7-18-14-3-1-2-13(14)15-11-21-8-6-19-15;/h4-5,10,13-15,18-19H,1-3,6-9,11H2;1H. The molecule has 2 aliphatic rings. The number of hydrogen-bond donors (Lipinski definition) is 2. The molecule has 1 aliphatic heterocycles. The van der Waals surface area contributed by atoms with Crippen LogP contribution in [0.5, 0.6) is 5.88 Å². The maximum absolute atomic E-state index is 5.80. The smallest absolute Gasteiger partial charge is 0.213 e. The minimum absolute atomic E-state index is 0. The van der Waals surface area contributed by atoms with Crippen LogP contribution in [0.25, 0.3) is 0 Å². The van der Waals surface area contributed by atoms with E-state index in [0.29, 0.717) is 35.5 Å². The highest BCUT2D eigenvalue weighted by Crippen LogP contribution is 2.29. The molecule has 1 aromatic rings. The number of nitrogens with zero attached hydrogens (tertiary/aromatic N) is 1. The van der Waals surface area contributed by atoms with Gasteiger partial charge in [-0.1, -0.05) is 18.0 Å². The zero-order chi connectivity index (χ0) is 15.2. The van der Waals surface area contributed by atoms with Crippen LogP contribution in [0.15, 0.2) is 18.3 Å². The highest BCUT2D eigenvalue weighted by molar-refractivity contribution is 6.30. The third kappa shape index (κ3) is 5.47. The van der Waals surface area contributed by atoms with Crippen LogP contribution >= 0.6 is 24.0 Å². The van der Waals surface area contributed by atoms with Crippen LogP contribution in [0.4, 0.5) is 0 Å². The number of pyridine rings is 1. The molecule has 5 nitrogen and oxygen atoms in total. The fraction of sp³-hybridized carbons (Fsp3) is 0.688. The summed E-state index contributed by atoms with van der Waals surface area (Å²) in [6.45, 7) is 4.10. The van der Waals surface area contributed by atoms with E-state index in [-0.39, 0.29) is 12.4 Å². The highest BCUT2D eigenvalue weighted by atomic mass is 35.5. The molecule has 1 saturated carbocycles. The first kappa shape index (κ1) is 18.7. The van der Waals surface area contributed by atoms with Gasteiger partial charge in [0.05, 0.1) is 18.2 Å². The molecule has 2 fully saturated rings. The fourth-order valence-electron chi connectivity index (χ4n) is 3.43. The average Bonchev–Trinajstić information content (AvgIpc) is 3.02. The molecule has 0 radical (unpaired) electrons. The van der Waals surface area contributed by atoms with Crippen LogP contribution in [0.3, 0.4) is 0 Å². The lowest BCUT2D eigenvalue weighted by atomic mass is 9.94. The van der Waals surface area contributed by atoms with E-state index >= 15 is 0 Å². The zero-order valence-corrected chi connectivity index (χ0v) is 14.7. The first-order valence-corrected chi connectivity index (χ1v) is 8.49. The maximum Gasteiger partial charge on any atom is 0.213 e. The van der Waals surface area contributed by atoms with Gasteiger partial charge in [0, 0.05) is 37.4 Å². The Morgan fingerprint density at radius 2 is 2.30 bits per heavy atom. The zero-order valence-electron chi connectivity index (χ0n) is 13.2. The van der Waals surface area contributed by atoms with Gasteiger partial charge in [0.25, 0.3) is 0 Å². The van der Waals surface area contributed by atoms with Crippen molar-refractivity contribution in [1.29, 1.82) is 0 Å². The van der Waals surface area contributed by atoms with Crippen molar-refractivity contribution in [2.45, 2.75) is 31.3 Å². The Hall–Kier alpha value is -0.590. The molecule has 1 aliphatic carbocycles. The molecule has 130 valence electrons. The number of ether oxygens (including phenoxy) is 2. The normalized spacial score (nSPS) is 27.4. The Kier molecular flexibility index (Phi) is 7.86. The van der Waals surface area contributed by atoms with Crippen LogP contribution in [0.1, 0.15) is 19.3 Å². The van der Waals surface area contributed by atoms with Gasteiger partial charge in [0.1, 0.15) is 6.61 Å². The second-order valence-corrected chi connectivity index (χ2v) is 6.39. The summed E-state index contributed by atoms with van der Waals surface area (Å²) in [4.78, 5) is 4.13. The second-order valence-electron chi connectivity index (χ2n) is 5.95. The lowest BCUT2D eigenvalue weighted by Gasteiger charge is -2.33. The van der Waals surface area contributed by atoms with Gasteiger partial charge in [-0.15, -0.1) is 12.4 Å². The number of rotatable bonds is 6. The van der Waals surface area contributed by atoms with Crippen molar-refractivity contribution in [2.24, 2.45) is 5.92 Å². The van der Waals surface area contributed by atoms with Crippen molar-refractivity contribution >= 4 is 24.0 Å². The van der Waals surface area contributed by atoms with Crippen LogP contribution in [0, 0.1) is 5.92 Å². The Morgan fingerprint density at radius 3 is 3.04 bits per heavy atom. The molecule has 7 heteroatoms. The summed E-state index contributed by atoms with van der Waals surface area (Å²) < 4.78 is 11.2. The Labute approximate surface area is 148 Å². The summed E-state index contributed by atoms with van der Waals surface area (Å²) in [6.07, 6.45) is 5.41.